The second-order valence-corrected chi connectivity index (χ2v) is 6.73. The average molecular weight is 305 g/mol. The Hall–Kier alpha value is -1.39. The van der Waals surface area contributed by atoms with Crippen LogP contribution in [0.15, 0.2) is 30.3 Å². The van der Waals surface area contributed by atoms with Gasteiger partial charge >= 0.3 is 5.97 Å². The fourth-order valence-corrected chi connectivity index (χ4v) is 3.34. The van der Waals surface area contributed by atoms with Gasteiger partial charge in [-0.25, -0.2) is 0 Å². The summed E-state index contributed by atoms with van der Waals surface area (Å²) < 4.78 is 5.58. The van der Waals surface area contributed by atoms with Crippen LogP contribution in [0.3, 0.4) is 0 Å². The molecule has 4 heteroatoms. The van der Waals surface area contributed by atoms with Gasteiger partial charge in [-0.1, -0.05) is 44.2 Å². The molecule has 1 aromatic carbocycles. The van der Waals surface area contributed by atoms with Crippen LogP contribution in [0.1, 0.15) is 44.6 Å². The zero-order valence-corrected chi connectivity index (χ0v) is 13.4. The molecule has 0 spiro atoms. The van der Waals surface area contributed by atoms with Gasteiger partial charge < -0.3 is 15.6 Å². The topological polar surface area (TPSA) is 72.6 Å². The van der Waals surface area contributed by atoms with Crippen molar-refractivity contribution in [3.05, 3.63) is 35.9 Å². The highest BCUT2D eigenvalue weighted by molar-refractivity contribution is 5.75. The molecular formula is C18H27NO3. The van der Waals surface area contributed by atoms with E-state index in [2.05, 4.69) is 12.1 Å². The number of carbonyl (C=O) groups excluding carboxylic acids is 1. The van der Waals surface area contributed by atoms with Crippen LogP contribution in [0.4, 0.5) is 0 Å². The monoisotopic (exact) mass is 305 g/mol. The Morgan fingerprint density at radius 1 is 1.32 bits per heavy atom. The standard InChI is InChI=1S/C18H27NO3/c1-12(2)8-17(19)18(21)22-15-9-14(11-20)16(10-15)13-6-4-3-5-7-13/h3-7,12,14-17,20H,8-11,19H2,1-2H3/t14-,15+,16-,17-/m1/s1. The predicted octanol–water partition coefficient (Wildman–Crippen LogP) is 2.46. The lowest BCUT2D eigenvalue weighted by atomic mass is 9.89. The van der Waals surface area contributed by atoms with Gasteiger partial charge in [0.05, 0.1) is 0 Å². The summed E-state index contributed by atoms with van der Waals surface area (Å²) in [6.07, 6.45) is 1.95. The second-order valence-electron chi connectivity index (χ2n) is 6.73. The molecule has 0 unspecified atom stereocenters. The first-order valence-electron chi connectivity index (χ1n) is 8.13. The van der Waals surface area contributed by atoms with Gasteiger partial charge in [0.15, 0.2) is 0 Å². The highest BCUT2D eigenvalue weighted by Gasteiger charge is 2.37. The van der Waals surface area contributed by atoms with Crippen LogP contribution in [0.25, 0.3) is 0 Å². The molecule has 0 amide bonds. The fraction of sp³-hybridized carbons (Fsp3) is 0.611. The van der Waals surface area contributed by atoms with Crippen molar-refractivity contribution in [3.63, 3.8) is 0 Å². The van der Waals surface area contributed by atoms with Gasteiger partial charge in [-0.3, -0.25) is 4.79 Å². The lowest BCUT2D eigenvalue weighted by Gasteiger charge is -2.17. The number of aliphatic hydroxyl groups excluding tert-OH is 1. The number of esters is 1. The Morgan fingerprint density at radius 3 is 2.59 bits per heavy atom. The van der Waals surface area contributed by atoms with Crippen molar-refractivity contribution in [2.45, 2.75) is 51.2 Å². The van der Waals surface area contributed by atoms with Crippen molar-refractivity contribution in [2.24, 2.45) is 17.6 Å². The lowest BCUT2D eigenvalue weighted by Crippen LogP contribution is -2.35. The molecule has 0 saturated heterocycles. The maximum Gasteiger partial charge on any atom is 0.323 e. The molecule has 2 rings (SSSR count). The van der Waals surface area contributed by atoms with E-state index in [1.54, 1.807) is 0 Å². The Bertz CT molecular complexity index is 474. The van der Waals surface area contributed by atoms with Gasteiger partial charge in [0, 0.05) is 6.61 Å². The Kier molecular flexibility index (Phi) is 5.98. The summed E-state index contributed by atoms with van der Waals surface area (Å²) in [6.45, 7) is 4.19. The Balaban J connectivity index is 1.96. The summed E-state index contributed by atoms with van der Waals surface area (Å²) >= 11 is 0. The molecule has 4 nitrogen and oxygen atoms in total. The van der Waals surface area contributed by atoms with Gasteiger partial charge in [0.25, 0.3) is 0 Å². The first-order valence-corrected chi connectivity index (χ1v) is 8.13. The number of carbonyl (C=O) groups is 1. The minimum Gasteiger partial charge on any atom is -0.461 e. The van der Waals surface area contributed by atoms with E-state index in [0.29, 0.717) is 18.8 Å². The molecule has 3 N–H and O–H groups in total. The predicted molar refractivity (Wildman–Crippen MR) is 86.3 cm³/mol. The first kappa shape index (κ1) is 17.0. The number of nitrogens with two attached hydrogens (primary N) is 1. The van der Waals surface area contributed by atoms with E-state index in [-0.39, 0.29) is 30.5 Å². The molecule has 22 heavy (non-hydrogen) atoms. The molecule has 0 radical (unpaired) electrons. The molecule has 0 aliphatic heterocycles. The summed E-state index contributed by atoms with van der Waals surface area (Å²) in [5.41, 5.74) is 7.09. The lowest BCUT2D eigenvalue weighted by molar-refractivity contribution is -0.151. The van der Waals surface area contributed by atoms with E-state index in [9.17, 15) is 9.90 Å². The number of aliphatic hydroxyl groups is 1. The largest absolute Gasteiger partial charge is 0.461 e. The van der Waals surface area contributed by atoms with Crippen LogP contribution in [-0.2, 0) is 9.53 Å². The van der Waals surface area contributed by atoms with E-state index in [1.165, 1.54) is 5.56 Å². The van der Waals surface area contributed by atoms with Crippen LogP contribution < -0.4 is 5.73 Å². The van der Waals surface area contributed by atoms with Crippen molar-refractivity contribution < 1.29 is 14.6 Å². The van der Waals surface area contributed by atoms with E-state index in [0.717, 1.165) is 6.42 Å². The molecular weight excluding hydrogens is 278 g/mol. The van der Waals surface area contributed by atoms with E-state index in [1.807, 2.05) is 32.0 Å². The van der Waals surface area contributed by atoms with E-state index in [4.69, 9.17) is 10.5 Å². The zero-order chi connectivity index (χ0) is 16.1. The summed E-state index contributed by atoms with van der Waals surface area (Å²) in [4.78, 5) is 12.1. The molecule has 1 aliphatic rings. The van der Waals surface area contributed by atoms with Gasteiger partial charge in [-0.2, -0.15) is 0 Å². The molecule has 0 heterocycles. The summed E-state index contributed by atoms with van der Waals surface area (Å²) in [6, 6.07) is 9.57. The van der Waals surface area contributed by atoms with Crippen LogP contribution in [0, 0.1) is 11.8 Å². The quantitative estimate of drug-likeness (QED) is 0.792. The van der Waals surface area contributed by atoms with Crippen molar-refractivity contribution in [2.75, 3.05) is 6.61 Å². The molecule has 1 fully saturated rings. The van der Waals surface area contributed by atoms with Crippen LogP contribution in [-0.4, -0.2) is 29.8 Å². The highest BCUT2D eigenvalue weighted by atomic mass is 16.5. The maximum absolute atomic E-state index is 12.1. The number of ether oxygens (including phenoxy) is 1. The van der Waals surface area contributed by atoms with Crippen molar-refractivity contribution >= 4 is 5.97 Å². The molecule has 0 aromatic heterocycles. The number of benzene rings is 1. The number of hydrogen-bond acceptors (Lipinski definition) is 4. The second kappa shape index (κ2) is 7.75. The Labute approximate surface area is 132 Å². The average Bonchev–Trinajstić information content (AvgIpc) is 2.90. The minimum absolute atomic E-state index is 0.117. The van der Waals surface area contributed by atoms with Gasteiger partial charge in [-0.15, -0.1) is 0 Å². The number of rotatable bonds is 6. The van der Waals surface area contributed by atoms with Crippen molar-refractivity contribution in [1.29, 1.82) is 0 Å². The summed E-state index contributed by atoms with van der Waals surface area (Å²) in [5.74, 6) is 0.435. The molecule has 1 saturated carbocycles. The van der Waals surface area contributed by atoms with Crippen molar-refractivity contribution in [1.82, 2.24) is 0 Å². The van der Waals surface area contributed by atoms with Crippen molar-refractivity contribution in [3.8, 4) is 0 Å². The van der Waals surface area contributed by atoms with Gasteiger partial charge in [-0.05, 0) is 42.6 Å². The molecule has 1 aliphatic carbocycles. The normalized spacial score (nSPS) is 26.1. The molecule has 0 bridgehead atoms. The number of hydrogen-bond donors (Lipinski definition) is 2. The SMILES string of the molecule is CC(C)C[C@@H](N)C(=O)O[C@H]1C[C@H](CO)[C@@H](c2ccccc2)C1. The van der Waals surface area contributed by atoms with Gasteiger partial charge in [0.1, 0.15) is 12.1 Å². The third-order valence-corrected chi connectivity index (χ3v) is 4.42. The maximum atomic E-state index is 12.1. The Morgan fingerprint density at radius 2 is 2.00 bits per heavy atom. The molecule has 1 aromatic rings. The van der Waals surface area contributed by atoms with E-state index < -0.39 is 6.04 Å². The van der Waals surface area contributed by atoms with Crippen LogP contribution in [0.5, 0.6) is 0 Å². The van der Waals surface area contributed by atoms with Gasteiger partial charge in [0.2, 0.25) is 0 Å². The van der Waals surface area contributed by atoms with Crippen LogP contribution >= 0.6 is 0 Å². The van der Waals surface area contributed by atoms with Crippen LogP contribution in [0.2, 0.25) is 0 Å². The highest BCUT2D eigenvalue weighted by Crippen LogP contribution is 2.40. The first-order chi connectivity index (χ1) is 10.5. The summed E-state index contributed by atoms with van der Waals surface area (Å²) in [7, 11) is 0. The summed E-state index contributed by atoms with van der Waals surface area (Å²) in [5, 5.41) is 9.61. The fourth-order valence-electron chi connectivity index (χ4n) is 3.34. The smallest absolute Gasteiger partial charge is 0.323 e. The molecule has 122 valence electrons. The third-order valence-electron chi connectivity index (χ3n) is 4.42. The van der Waals surface area contributed by atoms with E-state index >= 15 is 0 Å². The zero-order valence-electron chi connectivity index (χ0n) is 13.4. The molecule has 4 atom stereocenters. The third kappa shape index (κ3) is 4.31. The minimum atomic E-state index is -0.552.